The van der Waals surface area contributed by atoms with Crippen LogP contribution in [0.25, 0.3) is 11.6 Å². The number of nitrogens with two attached hydrogens (primary N) is 4. The SMILES string of the molecule is CNc1cc(CCCc2cnc(C(=O)O)c(NC)c2)c(Cl)nc1C=O.COC.N/C(C=O)=C\C=C(/N)n1ccnc1.N/C(C=O)=C\C=C(/N)n1ccnc1. The fourth-order valence-electron chi connectivity index (χ4n) is 3.94. The van der Waals surface area contributed by atoms with Crippen molar-refractivity contribution in [3.05, 3.63) is 119 Å². The number of aryl methyl sites for hydroxylation is 2. The first-order valence-corrected chi connectivity index (χ1v) is 16.1. The molecule has 288 valence electrons. The third-order valence-electron chi connectivity index (χ3n) is 6.56. The molecule has 0 saturated carbocycles. The number of nitrogens with one attached hydrogen (secondary N) is 2. The molecule has 54 heavy (non-hydrogen) atoms. The van der Waals surface area contributed by atoms with E-state index in [1.54, 1.807) is 87.2 Å². The zero-order valence-corrected chi connectivity index (χ0v) is 31.0. The van der Waals surface area contributed by atoms with Crippen molar-refractivity contribution in [2.24, 2.45) is 22.9 Å². The molecule has 0 bridgehead atoms. The first kappa shape index (κ1) is 45.2. The smallest absolute Gasteiger partial charge is 0.356 e. The lowest BCUT2D eigenvalue weighted by Gasteiger charge is -2.10. The first-order chi connectivity index (χ1) is 25.9. The molecule has 18 nitrogen and oxygen atoms in total. The Morgan fingerprint density at radius 3 is 1.78 bits per heavy atom. The molecule has 4 rings (SSSR count). The van der Waals surface area contributed by atoms with Crippen molar-refractivity contribution in [1.29, 1.82) is 0 Å². The molecular formula is C35H45ClN12O6. The summed E-state index contributed by atoms with van der Waals surface area (Å²) in [5, 5.41) is 15.2. The van der Waals surface area contributed by atoms with E-state index in [2.05, 4.69) is 35.3 Å². The molecule has 19 heteroatoms. The molecule has 4 aromatic rings. The molecule has 4 aromatic heterocycles. The van der Waals surface area contributed by atoms with E-state index in [0.717, 1.165) is 17.5 Å². The molecule has 0 radical (unpaired) electrons. The van der Waals surface area contributed by atoms with Gasteiger partial charge in [-0.2, -0.15) is 0 Å². The third kappa shape index (κ3) is 16.0. The third-order valence-corrected chi connectivity index (χ3v) is 6.88. The van der Waals surface area contributed by atoms with Crippen LogP contribution in [0.15, 0.2) is 91.5 Å². The number of rotatable bonds is 14. The zero-order valence-electron chi connectivity index (χ0n) is 30.2. The van der Waals surface area contributed by atoms with Gasteiger partial charge < -0.3 is 43.4 Å². The van der Waals surface area contributed by atoms with E-state index in [-0.39, 0.29) is 22.8 Å². The van der Waals surface area contributed by atoms with Crippen LogP contribution in [0.3, 0.4) is 0 Å². The molecular weight excluding hydrogens is 720 g/mol. The topological polar surface area (TPSA) is 287 Å². The van der Waals surface area contributed by atoms with Gasteiger partial charge in [-0.1, -0.05) is 11.6 Å². The highest BCUT2D eigenvalue weighted by Gasteiger charge is 2.13. The second-order valence-corrected chi connectivity index (χ2v) is 10.8. The van der Waals surface area contributed by atoms with E-state index in [1.165, 1.54) is 24.3 Å². The maximum absolute atomic E-state index is 11.1. The van der Waals surface area contributed by atoms with Crippen LogP contribution < -0.4 is 33.6 Å². The van der Waals surface area contributed by atoms with E-state index >= 15 is 0 Å². The standard InChI is InChI=1S/C17H19ClN4O3.2C8H10N4O.C2H6O/c1-19-12-7-11(16(18)22-14(12)9-23)5-3-4-10-6-13(20-2)15(17(24)25)21-8-10;2*9-7(5-13)1-2-8(10)12-4-3-11-6-12;1-3-2/h6-9,19-20H,3-5H2,1-2H3,(H,24,25);2*1-6H,9-10H2;1-2H3/b;2*7-1-,8-2+;. The quantitative estimate of drug-likeness (QED) is 0.0420. The number of aromatic carboxylic acids is 1. The van der Waals surface area contributed by atoms with Crippen molar-refractivity contribution in [3.63, 3.8) is 0 Å². The number of hydrogen-bond donors (Lipinski definition) is 7. The van der Waals surface area contributed by atoms with Crippen molar-refractivity contribution in [1.82, 2.24) is 29.1 Å². The van der Waals surface area contributed by atoms with Gasteiger partial charge in [0.15, 0.2) is 24.6 Å². The van der Waals surface area contributed by atoms with Crippen LogP contribution in [0.2, 0.25) is 5.15 Å². The van der Waals surface area contributed by atoms with Gasteiger partial charge in [0.25, 0.3) is 0 Å². The molecule has 0 aromatic carbocycles. The molecule has 0 aliphatic rings. The minimum atomic E-state index is -1.07. The number of carboxylic acids is 1. The molecule has 0 fully saturated rings. The number of ether oxygens (including phenoxy) is 1. The molecule has 0 atom stereocenters. The van der Waals surface area contributed by atoms with E-state index < -0.39 is 5.97 Å². The van der Waals surface area contributed by atoms with E-state index in [1.807, 2.05) is 6.07 Å². The van der Waals surface area contributed by atoms with Crippen molar-refractivity contribution >= 4 is 59.4 Å². The maximum atomic E-state index is 11.1. The predicted octanol–water partition coefficient (Wildman–Crippen LogP) is 2.53. The molecule has 11 N–H and O–H groups in total. The van der Waals surface area contributed by atoms with Crippen LogP contribution in [0.4, 0.5) is 11.4 Å². The van der Waals surface area contributed by atoms with Gasteiger partial charge in [-0.15, -0.1) is 0 Å². The number of aldehydes is 3. The second kappa shape index (κ2) is 25.2. The number of carbonyl (C=O) groups excluding carboxylic acids is 3. The number of carboxylic acid groups (broad SMARTS) is 1. The fourth-order valence-corrected chi connectivity index (χ4v) is 4.18. The number of allylic oxidation sites excluding steroid dienone is 6. The van der Waals surface area contributed by atoms with Crippen LogP contribution in [0, 0.1) is 0 Å². The highest BCUT2D eigenvalue weighted by atomic mass is 35.5. The van der Waals surface area contributed by atoms with Gasteiger partial charge >= 0.3 is 5.97 Å². The van der Waals surface area contributed by atoms with Crippen LogP contribution >= 0.6 is 11.6 Å². The van der Waals surface area contributed by atoms with Crippen LogP contribution in [-0.2, 0) is 27.2 Å². The first-order valence-electron chi connectivity index (χ1n) is 15.7. The van der Waals surface area contributed by atoms with Gasteiger partial charge in [0.05, 0.1) is 22.8 Å². The average molecular weight is 765 g/mol. The van der Waals surface area contributed by atoms with Gasteiger partial charge in [0.2, 0.25) is 0 Å². The van der Waals surface area contributed by atoms with Crippen LogP contribution in [0.1, 0.15) is 38.5 Å². The van der Waals surface area contributed by atoms with Gasteiger partial charge in [-0.05, 0) is 66.8 Å². The molecule has 0 aliphatic carbocycles. The van der Waals surface area contributed by atoms with Gasteiger partial charge in [-0.3, -0.25) is 23.5 Å². The van der Waals surface area contributed by atoms with Gasteiger partial charge in [0, 0.05) is 59.3 Å². The maximum Gasteiger partial charge on any atom is 0.356 e. The molecule has 0 saturated heterocycles. The minimum Gasteiger partial charge on any atom is -0.476 e. The Labute approximate surface area is 317 Å². The van der Waals surface area contributed by atoms with Crippen molar-refractivity contribution in [2.75, 3.05) is 38.9 Å². The van der Waals surface area contributed by atoms with Gasteiger partial charge in [0.1, 0.15) is 35.1 Å². The Morgan fingerprint density at radius 1 is 0.852 bits per heavy atom. The number of hydrogen-bond acceptors (Lipinski definition) is 15. The van der Waals surface area contributed by atoms with Crippen molar-refractivity contribution < 1.29 is 29.0 Å². The van der Waals surface area contributed by atoms with Crippen LogP contribution in [0.5, 0.6) is 0 Å². The average Bonchev–Trinajstić information content (AvgIpc) is 3.93. The molecule has 0 unspecified atom stereocenters. The highest BCUT2D eigenvalue weighted by molar-refractivity contribution is 6.30. The van der Waals surface area contributed by atoms with E-state index in [0.29, 0.717) is 59.9 Å². The number of methoxy groups -OCH3 is 1. The monoisotopic (exact) mass is 764 g/mol. The number of carbonyl (C=O) groups is 4. The molecule has 0 spiro atoms. The molecule has 0 aliphatic heterocycles. The Balaban J connectivity index is 0.000000424. The summed E-state index contributed by atoms with van der Waals surface area (Å²) >= 11 is 6.14. The fraction of sp³-hybridized carbons (Fsp3) is 0.200. The normalized spacial score (nSPS) is 11.4. The lowest BCUT2D eigenvalue weighted by Crippen LogP contribution is -2.07. The summed E-state index contributed by atoms with van der Waals surface area (Å²) in [7, 11) is 6.63. The summed E-state index contributed by atoms with van der Waals surface area (Å²) in [5.41, 5.74) is 25.1. The number of halogens is 1. The summed E-state index contributed by atoms with van der Waals surface area (Å²) in [6, 6.07) is 3.61. The summed E-state index contributed by atoms with van der Waals surface area (Å²) in [6.07, 6.45) is 21.1. The molecule has 4 heterocycles. The van der Waals surface area contributed by atoms with Crippen LogP contribution in [-0.4, -0.2) is 87.3 Å². The molecule has 0 amide bonds. The lowest BCUT2D eigenvalue weighted by molar-refractivity contribution is -0.105. The Bertz CT molecular complexity index is 1840. The largest absolute Gasteiger partial charge is 0.476 e. The Morgan fingerprint density at radius 2 is 1.37 bits per heavy atom. The Kier molecular flexibility index (Phi) is 21.1. The van der Waals surface area contributed by atoms with Crippen molar-refractivity contribution in [3.8, 4) is 0 Å². The van der Waals surface area contributed by atoms with Crippen molar-refractivity contribution in [2.45, 2.75) is 19.3 Å². The second-order valence-electron chi connectivity index (χ2n) is 10.5. The predicted molar refractivity (Wildman–Crippen MR) is 208 cm³/mol. The summed E-state index contributed by atoms with van der Waals surface area (Å²) in [4.78, 5) is 58.0. The van der Waals surface area contributed by atoms with Gasteiger partial charge in [-0.25, -0.2) is 24.7 Å². The summed E-state index contributed by atoms with van der Waals surface area (Å²) in [6.45, 7) is 0. The van der Waals surface area contributed by atoms with E-state index in [4.69, 9.17) is 39.6 Å². The number of imidazole rings is 2. The Hall–Kier alpha value is -6.79. The number of anilines is 2. The highest BCUT2D eigenvalue weighted by Crippen LogP contribution is 2.23. The van der Waals surface area contributed by atoms with E-state index in [9.17, 15) is 19.2 Å². The zero-order chi connectivity index (χ0) is 40.5. The number of nitrogens with zero attached hydrogens (tertiary/aromatic N) is 6. The summed E-state index contributed by atoms with van der Waals surface area (Å²) < 4.78 is 7.46. The lowest BCUT2D eigenvalue weighted by atomic mass is 10.0. The number of pyridine rings is 2. The summed E-state index contributed by atoms with van der Waals surface area (Å²) in [5.74, 6) is -0.173. The number of aromatic nitrogens is 6. The minimum absolute atomic E-state index is 0.00149.